The van der Waals surface area contributed by atoms with E-state index in [4.69, 9.17) is 9.47 Å². The number of amides is 1. The number of benzene rings is 2. The zero-order valence-electron chi connectivity index (χ0n) is 23.2. The van der Waals surface area contributed by atoms with Crippen LogP contribution >= 0.6 is 0 Å². The molecule has 9 nitrogen and oxygen atoms in total. The largest absolute Gasteiger partial charge is 0.483 e. The molecule has 0 radical (unpaired) electrons. The molecule has 2 aromatic carbocycles. The third kappa shape index (κ3) is 6.71. The Kier molecular flexibility index (Phi) is 8.32. The van der Waals surface area contributed by atoms with Gasteiger partial charge >= 0.3 is 6.18 Å². The van der Waals surface area contributed by atoms with E-state index >= 15 is 0 Å². The number of aromatic nitrogens is 2. The van der Waals surface area contributed by atoms with E-state index in [-0.39, 0.29) is 29.2 Å². The smallest absolute Gasteiger partial charge is 0.416 e. The monoisotopic (exact) mass is 570 g/mol. The lowest BCUT2D eigenvalue weighted by atomic mass is 10.0. The molecular weight excluding hydrogens is 537 g/mol. The van der Waals surface area contributed by atoms with Gasteiger partial charge in [0.1, 0.15) is 18.7 Å². The summed E-state index contributed by atoms with van der Waals surface area (Å²) in [7, 11) is 0. The van der Waals surface area contributed by atoms with Gasteiger partial charge in [0, 0.05) is 50.0 Å². The highest BCUT2D eigenvalue weighted by molar-refractivity contribution is 6.04. The number of fused-ring (bicyclic) bond motifs is 1. The Morgan fingerprint density at radius 3 is 2.63 bits per heavy atom. The van der Waals surface area contributed by atoms with Gasteiger partial charge in [0.2, 0.25) is 5.75 Å². The first-order valence-electron chi connectivity index (χ1n) is 13.6. The number of halogens is 3. The van der Waals surface area contributed by atoms with Crippen molar-refractivity contribution in [2.24, 2.45) is 0 Å². The lowest BCUT2D eigenvalue weighted by Crippen LogP contribution is -2.48. The van der Waals surface area contributed by atoms with Gasteiger partial charge in [-0.2, -0.15) is 18.2 Å². The third-order valence-corrected chi connectivity index (χ3v) is 7.27. The number of piperazine rings is 1. The third-order valence-electron chi connectivity index (χ3n) is 7.27. The number of ether oxygens (including phenoxy) is 2. The highest BCUT2D eigenvalue weighted by Crippen LogP contribution is 2.38. The first-order chi connectivity index (χ1) is 19.6. The van der Waals surface area contributed by atoms with Crippen molar-refractivity contribution in [3.8, 4) is 17.4 Å². The fourth-order valence-corrected chi connectivity index (χ4v) is 4.90. The molecule has 0 unspecified atom stereocenters. The van der Waals surface area contributed by atoms with Crippen LogP contribution in [0.4, 0.5) is 24.7 Å². The Bertz CT molecular complexity index is 1410. The minimum absolute atomic E-state index is 0.0584. The predicted molar refractivity (Wildman–Crippen MR) is 149 cm³/mol. The number of hydrogen-bond acceptors (Lipinski definition) is 8. The fraction of sp³-hybridized carbons (Fsp3) is 0.414. The van der Waals surface area contributed by atoms with Crippen molar-refractivity contribution in [2.75, 3.05) is 50.0 Å². The van der Waals surface area contributed by atoms with E-state index in [2.05, 4.69) is 39.3 Å². The van der Waals surface area contributed by atoms with E-state index in [1.165, 1.54) is 24.5 Å². The topological polar surface area (TPSA) is 91.9 Å². The zero-order chi connectivity index (χ0) is 29.1. The molecule has 0 bridgehead atoms. The summed E-state index contributed by atoms with van der Waals surface area (Å²) in [6.45, 7) is 10.3. The summed E-state index contributed by atoms with van der Waals surface area (Å²) in [4.78, 5) is 25.7. The van der Waals surface area contributed by atoms with Crippen molar-refractivity contribution >= 4 is 17.4 Å². The van der Waals surface area contributed by atoms with Crippen molar-refractivity contribution in [3.05, 3.63) is 65.0 Å². The first kappa shape index (κ1) is 28.6. The second-order valence-electron chi connectivity index (χ2n) is 10.4. The molecule has 218 valence electrons. The number of carbonyl (C=O) groups is 1. The molecule has 12 heteroatoms. The van der Waals surface area contributed by atoms with E-state index in [1.807, 2.05) is 4.90 Å². The number of carbonyl (C=O) groups excluding carboxylic acids is 1. The minimum atomic E-state index is -4.56. The van der Waals surface area contributed by atoms with Crippen molar-refractivity contribution in [2.45, 2.75) is 39.5 Å². The summed E-state index contributed by atoms with van der Waals surface area (Å²) in [6.07, 6.45) is -3.22. The van der Waals surface area contributed by atoms with E-state index in [1.54, 1.807) is 19.1 Å². The number of hydrogen-bond donors (Lipinski definition) is 2. The molecule has 0 saturated carbocycles. The molecule has 1 aromatic heterocycles. The summed E-state index contributed by atoms with van der Waals surface area (Å²) >= 11 is 0. The molecule has 1 fully saturated rings. The van der Waals surface area contributed by atoms with E-state index < -0.39 is 17.6 Å². The molecule has 2 N–H and O–H groups in total. The Labute approximate surface area is 236 Å². The second kappa shape index (κ2) is 11.9. The molecule has 3 heterocycles. The number of aryl methyl sites for hydroxylation is 1. The number of nitrogens with one attached hydrogen (secondary N) is 2. The standard InChI is InChI=1S/C29H33F3N6O3/c1-18(2)38-11-9-37(10-12-38)16-21-6-7-22(15-23(21)29(30,31)32)36-27(39)20-5-4-19(3)24(14-20)41-28-25-26(34-17-35-28)33-8-13-40-25/h4-7,14-15,17-18H,8-13,16H2,1-3H3,(H,36,39)(H,33,34,35). The summed E-state index contributed by atoms with van der Waals surface area (Å²) in [6, 6.07) is 9.16. The lowest BCUT2D eigenvalue weighted by molar-refractivity contribution is -0.138. The van der Waals surface area contributed by atoms with Gasteiger partial charge < -0.3 is 20.1 Å². The van der Waals surface area contributed by atoms with Crippen molar-refractivity contribution < 1.29 is 27.4 Å². The van der Waals surface area contributed by atoms with Crippen molar-refractivity contribution in [1.82, 2.24) is 19.8 Å². The van der Waals surface area contributed by atoms with Gasteiger partial charge in [0.25, 0.3) is 11.8 Å². The minimum Gasteiger partial charge on any atom is -0.483 e. The van der Waals surface area contributed by atoms with Gasteiger partial charge in [-0.05, 0) is 56.2 Å². The number of anilines is 2. The molecule has 2 aliphatic heterocycles. The average molecular weight is 571 g/mol. The molecule has 3 aromatic rings. The highest BCUT2D eigenvalue weighted by atomic mass is 19.4. The fourth-order valence-electron chi connectivity index (χ4n) is 4.90. The van der Waals surface area contributed by atoms with E-state index in [9.17, 15) is 18.0 Å². The molecule has 2 aliphatic rings. The summed E-state index contributed by atoms with van der Waals surface area (Å²) in [5.41, 5.74) is 0.438. The number of nitrogens with zero attached hydrogens (tertiary/aromatic N) is 4. The predicted octanol–water partition coefficient (Wildman–Crippen LogP) is 5.18. The lowest BCUT2D eigenvalue weighted by Gasteiger charge is -2.37. The SMILES string of the molecule is Cc1ccc(C(=O)Nc2ccc(CN3CCN(C(C)C)CC3)c(C(F)(F)F)c2)cc1Oc1ncnc2c1OCCN2. The summed E-state index contributed by atoms with van der Waals surface area (Å²) in [5.74, 6) is 0.864. The summed E-state index contributed by atoms with van der Waals surface area (Å²) in [5, 5.41) is 5.71. The molecule has 1 saturated heterocycles. The van der Waals surface area contributed by atoms with E-state index in [0.29, 0.717) is 49.6 Å². The van der Waals surface area contributed by atoms with Gasteiger partial charge in [-0.15, -0.1) is 0 Å². The number of alkyl halides is 3. The van der Waals surface area contributed by atoms with Crippen LogP contribution < -0.4 is 20.1 Å². The Morgan fingerprint density at radius 2 is 1.90 bits per heavy atom. The maximum Gasteiger partial charge on any atom is 0.416 e. The van der Waals surface area contributed by atoms with Crippen LogP contribution in [-0.4, -0.2) is 71.0 Å². The van der Waals surface area contributed by atoms with E-state index in [0.717, 1.165) is 24.7 Å². The number of rotatable bonds is 7. The van der Waals surface area contributed by atoms with Crippen molar-refractivity contribution in [3.63, 3.8) is 0 Å². The highest BCUT2D eigenvalue weighted by Gasteiger charge is 2.34. The molecule has 0 aliphatic carbocycles. The van der Waals surface area contributed by atoms with Crippen LogP contribution in [0.5, 0.6) is 17.4 Å². The van der Waals surface area contributed by atoms with Crippen LogP contribution in [-0.2, 0) is 12.7 Å². The molecule has 1 amide bonds. The quantitative estimate of drug-likeness (QED) is 0.402. The maximum absolute atomic E-state index is 14.1. The van der Waals surface area contributed by atoms with Crippen molar-refractivity contribution in [1.29, 1.82) is 0 Å². The second-order valence-corrected chi connectivity index (χ2v) is 10.4. The van der Waals surface area contributed by atoms with Crippen LogP contribution in [0.25, 0.3) is 0 Å². The maximum atomic E-state index is 14.1. The van der Waals surface area contributed by atoms with Gasteiger partial charge in [-0.25, -0.2) is 4.98 Å². The Balaban J connectivity index is 1.31. The average Bonchev–Trinajstić information content (AvgIpc) is 2.95. The van der Waals surface area contributed by atoms with Crippen LogP contribution in [0.2, 0.25) is 0 Å². The van der Waals surface area contributed by atoms with Gasteiger partial charge in [-0.1, -0.05) is 12.1 Å². The first-order valence-corrected chi connectivity index (χ1v) is 13.6. The van der Waals surface area contributed by atoms with Crippen LogP contribution in [0.3, 0.4) is 0 Å². The molecule has 5 rings (SSSR count). The normalized spacial score (nSPS) is 16.1. The van der Waals surface area contributed by atoms with Crippen LogP contribution in [0.1, 0.15) is 40.9 Å². The molecule has 0 atom stereocenters. The molecular formula is C29H33F3N6O3. The van der Waals surface area contributed by atoms with Crippen LogP contribution in [0.15, 0.2) is 42.7 Å². The Hall–Kier alpha value is -3.90. The Morgan fingerprint density at radius 1 is 1.12 bits per heavy atom. The van der Waals surface area contributed by atoms with Gasteiger partial charge in [0.15, 0.2) is 5.82 Å². The van der Waals surface area contributed by atoms with Crippen LogP contribution in [0, 0.1) is 6.92 Å². The zero-order valence-corrected chi connectivity index (χ0v) is 23.2. The molecule has 0 spiro atoms. The van der Waals surface area contributed by atoms with Gasteiger partial charge in [-0.3, -0.25) is 14.6 Å². The molecule has 41 heavy (non-hydrogen) atoms. The van der Waals surface area contributed by atoms with Gasteiger partial charge in [0.05, 0.1) is 12.1 Å². The summed E-state index contributed by atoms with van der Waals surface area (Å²) < 4.78 is 53.8.